The lowest BCUT2D eigenvalue weighted by molar-refractivity contribution is 0.0934. The summed E-state index contributed by atoms with van der Waals surface area (Å²) in [4.78, 5) is 25.4. The summed E-state index contributed by atoms with van der Waals surface area (Å²) in [7, 11) is 0. The number of carbonyl (C=O) groups excluding carboxylic acids is 2. The third kappa shape index (κ3) is 4.82. The molecule has 4 aromatic rings. The van der Waals surface area contributed by atoms with E-state index in [4.69, 9.17) is 5.73 Å². The van der Waals surface area contributed by atoms with E-state index in [0.29, 0.717) is 29.7 Å². The van der Waals surface area contributed by atoms with Gasteiger partial charge in [0.05, 0.1) is 12.2 Å². The average molecular weight is 425 g/mol. The summed E-state index contributed by atoms with van der Waals surface area (Å²) in [6.07, 6.45) is 4.21. The topological polar surface area (TPSA) is 101 Å². The number of aromatic nitrogens is 2. The normalized spacial score (nSPS) is 11.7. The van der Waals surface area contributed by atoms with E-state index >= 15 is 0 Å². The molecule has 0 aliphatic heterocycles. The smallest absolute Gasteiger partial charge is 0.251 e. The van der Waals surface area contributed by atoms with Crippen LogP contribution in [0, 0.1) is 0 Å². The van der Waals surface area contributed by atoms with Crippen molar-refractivity contribution >= 4 is 11.7 Å². The van der Waals surface area contributed by atoms with Crippen molar-refractivity contribution in [2.24, 2.45) is 5.73 Å². The van der Waals surface area contributed by atoms with Crippen LogP contribution < -0.4 is 11.1 Å². The van der Waals surface area contributed by atoms with E-state index in [-0.39, 0.29) is 17.7 Å². The highest BCUT2D eigenvalue weighted by molar-refractivity contribution is 6.09. The number of nitrogens with two attached hydrogens (primary N) is 1. The van der Waals surface area contributed by atoms with E-state index < -0.39 is 0 Å². The van der Waals surface area contributed by atoms with Crippen LogP contribution in [-0.4, -0.2) is 28.4 Å². The van der Waals surface area contributed by atoms with E-state index in [0.717, 1.165) is 16.7 Å². The van der Waals surface area contributed by atoms with E-state index in [2.05, 4.69) is 15.5 Å². The van der Waals surface area contributed by atoms with Crippen LogP contribution in [0.15, 0.2) is 91.3 Å². The van der Waals surface area contributed by atoms with Crippen LogP contribution in [0.4, 0.5) is 0 Å². The summed E-state index contributed by atoms with van der Waals surface area (Å²) in [6, 6.07) is 23.6. The number of H-pyrrole nitrogens is 1. The second-order valence-corrected chi connectivity index (χ2v) is 7.48. The molecule has 0 spiro atoms. The molecule has 0 saturated heterocycles. The van der Waals surface area contributed by atoms with Gasteiger partial charge in [0.2, 0.25) is 0 Å². The van der Waals surface area contributed by atoms with Gasteiger partial charge in [-0.3, -0.25) is 14.7 Å². The van der Waals surface area contributed by atoms with Gasteiger partial charge in [0, 0.05) is 28.5 Å². The summed E-state index contributed by atoms with van der Waals surface area (Å²) in [5.74, 6) is -0.280. The van der Waals surface area contributed by atoms with Gasteiger partial charge in [-0.05, 0) is 36.2 Å². The van der Waals surface area contributed by atoms with Crippen molar-refractivity contribution in [3.05, 3.63) is 114 Å². The van der Waals surface area contributed by atoms with Crippen molar-refractivity contribution in [3.8, 4) is 11.1 Å². The molecule has 0 bridgehead atoms. The van der Waals surface area contributed by atoms with Crippen molar-refractivity contribution in [2.75, 3.05) is 6.54 Å². The van der Waals surface area contributed by atoms with Crippen LogP contribution >= 0.6 is 0 Å². The van der Waals surface area contributed by atoms with Crippen molar-refractivity contribution in [2.45, 2.75) is 12.5 Å². The predicted molar refractivity (Wildman–Crippen MR) is 124 cm³/mol. The lowest BCUT2D eigenvalue weighted by Gasteiger charge is -2.19. The fourth-order valence-electron chi connectivity index (χ4n) is 3.58. The minimum atomic E-state index is -0.212. The van der Waals surface area contributed by atoms with Gasteiger partial charge in [-0.2, -0.15) is 5.10 Å². The van der Waals surface area contributed by atoms with Gasteiger partial charge < -0.3 is 11.1 Å². The summed E-state index contributed by atoms with van der Waals surface area (Å²) in [6.45, 7) is 0.443. The third-order valence-electron chi connectivity index (χ3n) is 5.35. The Labute approximate surface area is 186 Å². The molecule has 3 aromatic carbocycles. The van der Waals surface area contributed by atoms with Crippen molar-refractivity contribution in [1.82, 2.24) is 15.5 Å². The fraction of sp³-hybridized carbons (Fsp3) is 0.115. The number of nitrogens with zero attached hydrogens (tertiary/aromatic N) is 1. The highest BCUT2D eigenvalue weighted by Crippen LogP contribution is 2.23. The number of amides is 1. The molecule has 0 aliphatic carbocycles. The molecule has 1 heterocycles. The van der Waals surface area contributed by atoms with Crippen LogP contribution in [0.1, 0.15) is 44.3 Å². The molecule has 0 fully saturated rings. The number of carbonyl (C=O) groups is 2. The molecule has 4 rings (SSSR count). The van der Waals surface area contributed by atoms with Crippen molar-refractivity contribution in [1.29, 1.82) is 0 Å². The summed E-state index contributed by atoms with van der Waals surface area (Å²) < 4.78 is 0. The molecule has 6 heteroatoms. The maximum atomic E-state index is 12.9. The number of nitrogens with one attached hydrogen (secondary N) is 2. The average Bonchev–Trinajstić information content (AvgIpc) is 3.39. The van der Waals surface area contributed by atoms with Gasteiger partial charge in [-0.25, -0.2) is 0 Å². The lowest BCUT2D eigenvalue weighted by Crippen LogP contribution is -2.30. The number of ketones is 1. The molecular weight excluding hydrogens is 400 g/mol. The van der Waals surface area contributed by atoms with Crippen LogP contribution in [-0.2, 0) is 0 Å². The summed E-state index contributed by atoms with van der Waals surface area (Å²) in [5, 5.41) is 9.84. The van der Waals surface area contributed by atoms with Gasteiger partial charge in [0.25, 0.3) is 5.91 Å². The molecule has 1 atom stereocenters. The Morgan fingerprint density at radius 2 is 1.50 bits per heavy atom. The standard InChI is InChI=1S/C26H24N4O2/c27-15-14-24(19-8-6-18(7-9-19)23-16-28-29-17-23)30-26(32)22-12-10-21(11-13-22)25(31)20-4-2-1-3-5-20/h1-13,16-17,24H,14-15,27H2,(H,28,29)(H,30,32). The summed E-state index contributed by atoms with van der Waals surface area (Å²) in [5.41, 5.74) is 10.5. The second kappa shape index (κ2) is 9.85. The van der Waals surface area contributed by atoms with Crippen LogP contribution in [0.2, 0.25) is 0 Å². The number of rotatable bonds is 8. The van der Waals surface area contributed by atoms with Crippen LogP contribution in [0.25, 0.3) is 11.1 Å². The van der Waals surface area contributed by atoms with Crippen molar-refractivity contribution in [3.63, 3.8) is 0 Å². The molecule has 160 valence electrons. The number of benzene rings is 3. The molecule has 4 N–H and O–H groups in total. The maximum Gasteiger partial charge on any atom is 0.251 e. The SMILES string of the molecule is NCCC(NC(=O)c1ccc(C(=O)c2ccccc2)cc1)c1ccc(-c2cn[nH]c2)cc1. The van der Waals surface area contributed by atoms with E-state index in [1.54, 1.807) is 42.6 Å². The molecule has 1 amide bonds. The van der Waals surface area contributed by atoms with Gasteiger partial charge >= 0.3 is 0 Å². The Hall–Kier alpha value is -4.03. The molecule has 6 nitrogen and oxygen atoms in total. The Morgan fingerprint density at radius 1 is 0.844 bits per heavy atom. The Kier molecular flexibility index (Phi) is 6.53. The number of hydrogen-bond acceptors (Lipinski definition) is 4. The van der Waals surface area contributed by atoms with E-state index in [1.807, 2.05) is 48.7 Å². The monoisotopic (exact) mass is 424 g/mol. The highest BCUT2D eigenvalue weighted by atomic mass is 16.1. The second-order valence-electron chi connectivity index (χ2n) is 7.48. The van der Waals surface area contributed by atoms with E-state index in [1.165, 1.54) is 0 Å². The molecule has 0 aliphatic rings. The first-order valence-corrected chi connectivity index (χ1v) is 10.5. The number of aromatic amines is 1. The fourth-order valence-corrected chi connectivity index (χ4v) is 3.58. The minimum Gasteiger partial charge on any atom is -0.345 e. The number of hydrogen-bond donors (Lipinski definition) is 3. The molecule has 32 heavy (non-hydrogen) atoms. The molecular formula is C26H24N4O2. The van der Waals surface area contributed by atoms with Gasteiger partial charge in [-0.15, -0.1) is 0 Å². The van der Waals surface area contributed by atoms with Crippen LogP contribution in [0.5, 0.6) is 0 Å². The van der Waals surface area contributed by atoms with Gasteiger partial charge in [0.15, 0.2) is 5.78 Å². The predicted octanol–water partition coefficient (Wildman–Crippen LogP) is 4.13. The van der Waals surface area contributed by atoms with E-state index in [9.17, 15) is 9.59 Å². The van der Waals surface area contributed by atoms with Crippen molar-refractivity contribution < 1.29 is 9.59 Å². The zero-order valence-electron chi connectivity index (χ0n) is 17.5. The quantitative estimate of drug-likeness (QED) is 0.370. The largest absolute Gasteiger partial charge is 0.345 e. The van der Waals surface area contributed by atoms with Gasteiger partial charge in [-0.1, -0.05) is 66.7 Å². The molecule has 1 unspecified atom stereocenters. The first-order chi connectivity index (χ1) is 15.7. The summed E-state index contributed by atoms with van der Waals surface area (Å²) >= 11 is 0. The molecule has 0 radical (unpaired) electrons. The molecule has 0 saturated carbocycles. The van der Waals surface area contributed by atoms with Crippen LogP contribution in [0.3, 0.4) is 0 Å². The minimum absolute atomic E-state index is 0.0729. The third-order valence-corrected chi connectivity index (χ3v) is 5.35. The lowest BCUT2D eigenvalue weighted by atomic mass is 9.99. The highest BCUT2D eigenvalue weighted by Gasteiger charge is 2.16. The molecule has 1 aromatic heterocycles. The first kappa shape index (κ1) is 21.2. The Morgan fingerprint density at radius 3 is 2.12 bits per heavy atom. The van der Waals surface area contributed by atoms with Gasteiger partial charge in [0.1, 0.15) is 0 Å². The zero-order valence-corrected chi connectivity index (χ0v) is 17.5. The Balaban J connectivity index is 1.46. The first-order valence-electron chi connectivity index (χ1n) is 10.5. The maximum absolute atomic E-state index is 12.9. The Bertz CT molecular complexity index is 1170. The zero-order chi connectivity index (χ0) is 22.3.